The molecule has 0 aromatic heterocycles. The molecule has 3 heteroatoms. The van der Waals surface area contributed by atoms with Crippen molar-refractivity contribution in [3.8, 4) is 0 Å². The second kappa shape index (κ2) is 6.04. The van der Waals surface area contributed by atoms with Crippen LogP contribution in [0.4, 0.5) is 0 Å². The Kier molecular flexibility index (Phi) is 4.24. The molecule has 0 amide bonds. The Labute approximate surface area is 141 Å². The van der Waals surface area contributed by atoms with E-state index in [1.54, 1.807) is 0 Å². The van der Waals surface area contributed by atoms with Gasteiger partial charge in [-0.05, 0) is 31.9 Å². The predicted molar refractivity (Wildman–Crippen MR) is 97.4 cm³/mol. The second-order valence-electron chi connectivity index (χ2n) is 7.12. The van der Waals surface area contributed by atoms with Crippen molar-refractivity contribution in [3.63, 3.8) is 0 Å². The summed E-state index contributed by atoms with van der Waals surface area (Å²) in [6.45, 7) is 10.1. The molecule has 0 bridgehead atoms. The van der Waals surface area contributed by atoms with Gasteiger partial charge in [0.05, 0.1) is 4.75 Å². The van der Waals surface area contributed by atoms with Gasteiger partial charge in [0.2, 0.25) is 0 Å². The monoisotopic (exact) mass is 326 g/mol. The van der Waals surface area contributed by atoms with Gasteiger partial charge in [0, 0.05) is 17.9 Å². The number of fused-ring (bicyclic) bond motifs is 1. The lowest BCUT2D eigenvalue weighted by Crippen LogP contribution is -2.32. The molecule has 0 saturated carbocycles. The molecule has 23 heavy (non-hydrogen) atoms. The van der Waals surface area contributed by atoms with E-state index in [-0.39, 0.29) is 10.8 Å². The maximum atomic E-state index is 12.8. The molecule has 0 radical (unpaired) electrons. The van der Waals surface area contributed by atoms with Crippen LogP contribution >= 0.6 is 0 Å². The van der Waals surface area contributed by atoms with Gasteiger partial charge in [-0.3, -0.25) is 0 Å². The fourth-order valence-electron chi connectivity index (χ4n) is 3.35. The van der Waals surface area contributed by atoms with Gasteiger partial charge in [0.15, 0.2) is 6.04 Å². The van der Waals surface area contributed by atoms with Crippen molar-refractivity contribution in [1.82, 2.24) is 0 Å². The SMILES string of the molecule is C=[N+](C1CC(c2ccccc2)c2ccccc21)S(=O)C(C)(C)C. The molecule has 2 nitrogen and oxygen atoms in total. The molecule has 3 unspecified atom stereocenters. The molecule has 1 aliphatic carbocycles. The molecule has 120 valence electrons. The fraction of sp³-hybridized carbons (Fsp3) is 0.350. The third kappa shape index (κ3) is 3.02. The van der Waals surface area contributed by atoms with Crippen molar-refractivity contribution in [2.45, 2.75) is 43.9 Å². The van der Waals surface area contributed by atoms with Gasteiger partial charge in [-0.1, -0.05) is 54.6 Å². The molecule has 3 atom stereocenters. The van der Waals surface area contributed by atoms with Crippen molar-refractivity contribution < 1.29 is 8.19 Å². The highest BCUT2D eigenvalue weighted by molar-refractivity contribution is 7.80. The minimum Gasteiger partial charge on any atom is -0.186 e. The fourth-order valence-corrected chi connectivity index (χ4v) is 4.48. The van der Waals surface area contributed by atoms with Crippen LogP contribution in [0.2, 0.25) is 0 Å². The first-order chi connectivity index (χ1) is 10.9. The minimum atomic E-state index is -1.13. The number of benzene rings is 2. The zero-order valence-electron chi connectivity index (χ0n) is 14.0. The number of hydrogen-bond acceptors (Lipinski definition) is 1. The summed E-state index contributed by atoms with van der Waals surface area (Å²) >= 11 is 0. The predicted octanol–water partition coefficient (Wildman–Crippen LogP) is 4.44. The topological polar surface area (TPSA) is 20.1 Å². The third-order valence-electron chi connectivity index (χ3n) is 4.48. The molecule has 0 N–H and O–H groups in total. The highest BCUT2D eigenvalue weighted by Gasteiger charge is 2.42. The molecule has 2 aromatic rings. The zero-order valence-corrected chi connectivity index (χ0v) is 14.8. The van der Waals surface area contributed by atoms with Gasteiger partial charge in [0.1, 0.15) is 6.72 Å². The van der Waals surface area contributed by atoms with E-state index in [2.05, 4.69) is 55.2 Å². The largest absolute Gasteiger partial charge is 0.287 e. The smallest absolute Gasteiger partial charge is 0.186 e. The standard InChI is InChI=1S/C20H24NOS/c1-20(2,3)23(22)21(4)19-14-18(15-10-6-5-7-11-15)16-12-8-9-13-17(16)19/h5-13,18-19H,4,14H2,1-3H3/q+1. The number of hydrogen-bond donors (Lipinski definition) is 0. The Hall–Kier alpha value is -1.74. The summed E-state index contributed by atoms with van der Waals surface area (Å²) in [7, 11) is -1.13. The third-order valence-corrected chi connectivity index (χ3v) is 6.20. The van der Waals surface area contributed by atoms with Crippen LogP contribution in [0.25, 0.3) is 0 Å². The van der Waals surface area contributed by atoms with Crippen LogP contribution in [0.5, 0.6) is 0 Å². The van der Waals surface area contributed by atoms with Gasteiger partial charge < -0.3 is 0 Å². The van der Waals surface area contributed by atoms with Crippen LogP contribution in [0.1, 0.15) is 55.8 Å². The average Bonchev–Trinajstić information content (AvgIpc) is 2.93. The highest BCUT2D eigenvalue weighted by atomic mass is 32.2. The van der Waals surface area contributed by atoms with Gasteiger partial charge in [-0.25, -0.2) is 0 Å². The minimum absolute atomic E-state index is 0.0939. The van der Waals surface area contributed by atoms with E-state index in [1.807, 2.05) is 30.8 Å². The van der Waals surface area contributed by atoms with Crippen LogP contribution in [0, 0.1) is 0 Å². The van der Waals surface area contributed by atoms with Crippen LogP contribution in [0.15, 0.2) is 54.6 Å². The molecule has 0 fully saturated rings. The van der Waals surface area contributed by atoms with E-state index < -0.39 is 11.0 Å². The average molecular weight is 326 g/mol. The van der Waals surface area contributed by atoms with Gasteiger partial charge in [0.25, 0.3) is 11.0 Å². The summed E-state index contributed by atoms with van der Waals surface area (Å²) in [5.74, 6) is 0.346. The molecule has 0 heterocycles. The zero-order chi connectivity index (χ0) is 16.6. The normalized spacial score (nSPS) is 21.7. The highest BCUT2D eigenvalue weighted by Crippen LogP contribution is 2.46. The van der Waals surface area contributed by atoms with Gasteiger partial charge in [-0.15, -0.1) is 3.98 Å². The second-order valence-corrected chi connectivity index (χ2v) is 9.31. The summed E-state index contributed by atoms with van der Waals surface area (Å²) in [4.78, 5) is 0. The lowest BCUT2D eigenvalue weighted by atomic mass is 9.93. The number of rotatable bonds is 3. The molecule has 3 rings (SSSR count). The maximum Gasteiger partial charge on any atom is 0.287 e. The van der Waals surface area contributed by atoms with Crippen molar-refractivity contribution in [3.05, 3.63) is 71.3 Å². The van der Waals surface area contributed by atoms with Crippen LogP contribution in [-0.4, -0.2) is 19.7 Å². The lowest BCUT2D eigenvalue weighted by molar-refractivity contribution is -0.407. The van der Waals surface area contributed by atoms with E-state index >= 15 is 0 Å². The van der Waals surface area contributed by atoms with Crippen molar-refractivity contribution in [2.75, 3.05) is 0 Å². The lowest BCUT2D eigenvalue weighted by Gasteiger charge is -2.17. The van der Waals surface area contributed by atoms with Crippen LogP contribution in [-0.2, 0) is 11.0 Å². The Bertz CT molecular complexity index is 746. The molecule has 0 spiro atoms. The van der Waals surface area contributed by atoms with Gasteiger partial charge in [-0.2, -0.15) is 4.21 Å². The first kappa shape index (κ1) is 16.1. The molecular weight excluding hydrogens is 302 g/mol. The van der Waals surface area contributed by atoms with Crippen LogP contribution in [0.3, 0.4) is 0 Å². The van der Waals surface area contributed by atoms with E-state index in [1.165, 1.54) is 16.7 Å². The van der Waals surface area contributed by atoms with Crippen molar-refractivity contribution in [2.24, 2.45) is 0 Å². The summed E-state index contributed by atoms with van der Waals surface area (Å²) in [5.41, 5.74) is 3.91. The first-order valence-corrected chi connectivity index (χ1v) is 9.16. The van der Waals surface area contributed by atoms with E-state index in [0.717, 1.165) is 6.42 Å². The molecular formula is C20H24NOS+. The Balaban J connectivity index is 1.99. The summed E-state index contributed by atoms with van der Waals surface area (Å²) < 4.78 is 14.3. The summed E-state index contributed by atoms with van der Waals surface area (Å²) in [6, 6.07) is 19.2. The summed E-state index contributed by atoms with van der Waals surface area (Å²) in [6.07, 6.45) is 0.925. The molecule has 2 aromatic carbocycles. The Morgan fingerprint density at radius 2 is 1.57 bits per heavy atom. The van der Waals surface area contributed by atoms with E-state index in [4.69, 9.17) is 0 Å². The number of nitrogens with zero attached hydrogens (tertiary/aromatic N) is 1. The van der Waals surface area contributed by atoms with Crippen LogP contribution < -0.4 is 0 Å². The molecule has 0 aliphatic heterocycles. The Morgan fingerprint density at radius 1 is 1.00 bits per heavy atom. The van der Waals surface area contributed by atoms with E-state index in [0.29, 0.717) is 5.92 Å². The molecule has 0 saturated heterocycles. The van der Waals surface area contributed by atoms with Crippen molar-refractivity contribution >= 4 is 17.7 Å². The quantitative estimate of drug-likeness (QED) is 0.603. The maximum absolute atomic E-state index is 12.8. The Morgan fingerprint density at radius 3 is 2.17 bits per heavy atom. The summed E-state index contributed by atoms with van der Waals surface area (Å²) in [5, 5.41) is 0. The molecule has 1 aliphatic rings. The van der Waals surface area contributed by atoms with E-state index in [9.17, 15) is 4.21 Å². The van der Waals surface area contributed by atoms with Crippen molar-refractivity contribution in [1.29, 1.82) is 0 Å². The van der Waals surface area contributed by atoms with Gasteiger partial charge >= 0.3 is 0 Å². The first-order valence-electron chi connectivity index (χ1n) is 8.05.